The third-order valence-electron chi connectivity index (χ3n) is 6.60. The topological polar surface area (TPSA) is 134 Å². The number of nitrogens with zero attached hydrogens (tertiary/aromatic N) is 1. The Labute approximate surface area is 212 Å². The Morgan fingerprint density at radius 2 is 1.97 bits per heavy atom. The molecule has 10 heteroatoms. The number of amides is 3. The highest BCUT2D eigenvalue weighted by Gasteiger charge is 2.52. The molecule has 0 bridgehead atoms. The third kappa shape index (κ3) is 6.46. The normalized spacial score (nSPS) is 32.1. The van der Waals surface area contributed by atoms with Gasteiger partial charge in [-0.15, -0.1) is 0 Å². The van der Waals surface area contributed by atoms with Crippen LogP contribution in [0.5, 0.6) is 0 Å². The van der Waals surface area contributed by atoms with Crippen LogP contribution in [0.3, 0.4) is 0 Å². The van der Waals surface area contributed by atoms with Gasteiger partial charge in [0.05, 0.1) is 12.7 Å². The Bertz CT molecular complexity index is 910. The Morgan fingerprint density at radius 3 is 2.61 bits per heavy atom. The summed E-state index contributed by atoms with van der Waals surface area (Å²) in [5, 5.41) is 15.8. The number of nitrogens with one attached hydrogen (secondary N) is 2. The van der Waals surface area contributed by atoms with Gasteiger partial charge in [0.1, 0.15) is 17.7 Å². The zero-order valence-electron chi connectivity index (χ0n) is 21.6. The van der Waals surface area contributed by atoms with Crippen LogP contribution in [0.4, 0.5) is 4.79 Å². The van der Waals surface area contributed by atoms with Crippen LogP contribution in [0.25, 0.3) is 0 Å². The molecule has 10 nitrogen and oxygen atoms in total. The van der Waals surface area contributed by atoms with E-state index < -0.39 is 53.2 Å². The average Bonchev–Trinajstić information content (AvgIpc) is 3.17. The molecule has 1 saturated heterocycles. The first kappa shape index (κ1) is 27.7. The molecular weight excluding hydrogens is 466 g/mol. The van der Waals surface area contributed by atoms with Gasteiger partial charge in [0.2, 0.25) is 11.8 Å². The molecule has 2 aliphatic heterocycles. The number of allylic oxidation sites excluding steroid dienone is 1. The van der Waals surface area contributed by atoms with Gasteiger partial charge in [0.25, 0.3) is 0 Å². The first-order valence-electron chi connectivity index (χ1n) is 12.8. The van der Waals surface area contributed by atoms with E-state index in [9.17, 15) is 24.3 Å². The summed E-state index contributed by atoms with van der Waals surface area (Å²) in [6.07, 6.45) is 9.26. The van der Waals surface area contributed by atoms with Gasteiger partial charge in [0, 0.05) is 18.9 Å². The standard InChI is InChI=1S/C26H39N3O7/c1-5-35-23(33)26-14-13-17(26)11-9-7-6-8-10-12-19(27-24(34)36-25(2,3)4)22(32)29-16-18(30)15-20(29)21(31)28-26/h9,11,13-14,17-20,30H,5-8,10,12,15-16H2,1-4H3,(H,27,34)(H,28,31)/b11-9-/t17?,18-,19-,20-,26+/m0/s1. The Morgan fingerprint density at radius 1 is 1.22 bits per heavy atom. The number of carbonyl (C=O) groups excluding carboxylic acids is 4. The fraction of sp³-hybridized carbons (Fsp3) is 0.692. The van der Waals surface area contributed by atoms with Gasteiger partial charge in [-0.1, -0.05) is 37.1 Å². The highest BCUT2D eigenvalue weighted by atomic mass is 16.6. The molecule has 1 fully saturated rings. The van der Waals surface area contributed by atoms with E-state index >= 15 is 0 Å². The maximum absolute atomic E-state index is 13.6. The van der Waals surface area contributed by atoms with E-state index in [2.05, 4.69) is 10.6 Å². The van der Waals surface area contributed by atoms with Crippen molar-refractivity contribution in [2.45, 2.75) is 95.5 Å². The largest absolute Gasteiger partial charge is 0.464 e. The number of fused-ring (bicyclic) bond motifs is 2. The minimum Gasteiger partial charge on any atom is -0.464 e. The lowest BCUT2D eigenvalue weighted by Crippen LogP contribution is -2.65. The Hall–Kier alpha value is -2.88. The molecule has 1 unspecified atom stereocenters. The number of esters is 1. The number of alkyl carbamates (subject to hydrolysis) is 1. The molecule has 3 aliphatic rings. The molecule has 0 radical (unpaired) electrons. The number of hydrogen-bond donors (Lipinski definition) is 3. The fourth-order valence-electron chi connectivity index (χ4n) is 4.78. The van der Waals surface area contributed by atoms with Gasteiger partial charge < -0.3 is 30.1 Å². The van der Waals surface area contributed by atoms with Crippen molar-refractivity contribution in [2.75, 3.05) is 13.2 Å². The monoisotopic (exact) mass is 505 g/mol. The van der Waals surface area contributed by atoms with Gasteiger partial charge in [-0.3, -0.25) is 9.59 Å². The highest BCUT2D eigenvalue weighted by molar-refractivity contribution is 5.97. The number of hydrogen-bond acceptors (Lipinski definition) is 7. The number of aliphatic hydroxyl groups excluding tert-OH is 1. The van der Waals surface area contributed by atoms with Gasteiger partial charge in [-0.25, -0.2) is 9.59 Å². The average molecular weight is 506 g/mol. The predicted octanol–water partition coefficient (Wildman–Crippen LogP) is 1.97. The minimum atomic E-state index is -1.36. The second kappa shape index (κ2) is 11.5. The molecule has 0 aromatic heterocycles. The number of rotatable bonds is 3. The van der Waals surface area contributed by atoms with Gasteiger partial charge in [-0.05, 0) is 47.0 Å². The van der Waals surface area contributed by atoms with Crippen LogP contribution in [0, 0.1) is 5.92 Å². The van der Waals surface area contributed by atoms with E-state index in [1.165, 1.54) is 4.90 Å². The third-order valence-corrected chi connectivity index (χ3v) is 6.60. The summed E-state index contributed by atoms with van der Waals surface area (Å²) in [5.41, 5.74) is -2.10. The lowest BCUT2D eigenvalue weighted by molar-refractivity contribution is -0.154. The van der Waals surface area contributed by atoms with Crippen molar-refractivity contribution < 1.29 is 33.8 Å². The van der Waals surface area contributed by atoms with Crippen LogP contribution < -0.4 is 10.6 Å². The summed E-state index contributed by atoms with van der Waals surface area (Å²) in [6.45, 7) is 7.01. The smallest absolute Gasteiger partial charge is 0.408 e. The van der Waals surface area contributed by atoms with Gasteiger partial charge in [0.15, 0.2) is 5.54 Å². The van der Waals surface area contributed by atoms with Crippen molar-refractivity contribution in [3.8, 4) is 0 Å². The van der Waals surface area contributed by atoms with Crippen LogP contribution in [0.15, 0.2) is 24.3 Å². The molecule has 0 spiro atoms. The number of ether oxygens (including phenoxy) is 2. The van der Waals surface area contributed by atoms with Crippen LogP contribution >= 0.6 is 0 Å². The quantitative estimate of drug-likeness (QED) is 0.394. The molecule has 1 aliphatic carbocycles. The molecule has 200 valence electrons. The van der Waals surface area contributed by atoms with E-state index in [-0.39, 0.29) is 25.5 Å². The Balaban J connectivity index is 1.88. The van der Waals surface area contributed by atoms with Gasteiger partial charge >= 0.3 is 12.1 Å². The van der Waals surface area contributed by atoms with Crippen molar-refractivity contribution >= 4 is 23.9 Å². The van der Waals surface area contributed by atoms with Crippen LogP contribution in [0.1, 0.15) is 66.2 Å². The molecular formula is C26H39N3O7. The molecule has 0 aromatic carbocycles. The van der Waals surface area contributed by atoms with Crippen molar-refractivity contribution in [3.05, 3.63) is 24.3 Å². The van der Waals surface area contributed by atoms with E-state index in [1.807, 2.05) is 18.2 Å². The van der Waals surface area contributed by atoms with E-state index in [4.69, 9.17) is 9.47 Å². The fourth-order valence-corrected chi connectivity index (χ4v) is 4.78. The second-order valence-electron chi connectivity index (χ2n) is 10.6. The first-order chi connectivity index (χ1) is 17.0. The predicted molar refractivity (Wildman–Crippen MR) is 132 cm³/mol. The van der Waals surface area contributed by atoms with Crippen molar-refractivity contribution in [1.29, 1.82) is 0 Å². The molecule has 3 amide bonds. The summed E-state index contributed by atoms with van der Waals surface area (Å²) < 4.78 is 10.6. The maximum Gasteiger partial charge on any atom is 0.408 e. The summed E-state index contributed by atoms with van der Waals surface area (Å²) in [6, 6.07) is -1.90. The zero-order valence-corrected chi connectivity index (χ0v) is 21.6. The van der Waals surface area contributed by atoms with E-state index in [1.54, 1.807) is 33.8 Å². The van der Waals surface area contributed by atoms with E-state index in [0.717, 1.165) is 19.3 Å². The second-order valence-corrected chi connectivity index (χ2v) is 10.6. The number of aliphatic hydroxyl groups is 1. The minimum absolute atomic E-state index is 0.0276. The van der Waals surface area contributed by atoms with Crippen molar-refractivity contribution in [1.82, 2.24) is 15.5 Å². The summed E-state index contributed by atoms with van der Waals surface area (Å²) >= 11 is 0. The summed E-state index contributed by atoms with van der Waals surface area (Å²) in [7, 11) is 0. The van der Waals surface area contributed by atoms with Crippen molar-refractivity contribution in [2.24, 2.45) is 5.92 Å². The lowest BCUT2D eigenvalue weighted by atomic mass is 9.73. The first-order valence-corrected chi connectivity index (χ1v) is 12.8. The van der Waals surface area contributed by atoms with Gasteiger partial charge in [-0.2, -0.15) is 0 Å². The van der Waals surface area contributed by atoms with Crippen LogP contribution in [0.2, 0.25) is 0 Å². The molecule has 0 aromatic rings. The summed E-state index contributed by atoms with van der Waals surface area (Å²) in [5.74, 6) is -1.96. The molecule has 3 rings (SSSR count). The molecule has 0 saturated carbocycles. The molecule has 5 atom stereocenters. The molecule has 2 heterocycles. The summed E-state index contributed by atoms with van der Waals surface area (Å²) in [4.78, 5) is 53.7. The molecule has 36 heavy (non-hydrogen) atoms. The van der Waals surface area contributed by atoms with Crippen LogP contribution in [-0.2, 0) is 23.9 Å². The zero-order chi connectivity index (χ0) is 26.5. The SMILES string of the molecule is CCOC(=O)[C@@]12C=CC1/C=C\CCCCC[C@H](NC(=O)OC(C)(C)C)C(=O)N1C[C@@H](O)C[C@H]1C(=O)N2. The number of carbonyl (C=O) groups is 4. The van der Waals surface area contributed by atoms with Crippen molar-refractivity contribution in [3.63, 3.8) is 0 Å². The van der Waals surface area contributed by atoms with Crippen LogP contribution in [-0.4, -0.2) is 76.4 Å². The highest BCUT2D eigenvalue weighted by Crippen LogP contribution is 2.34. The molecule has 3 N–H and O–H groups in total. The lowest BCUT2D eigenvalue weighted by Gasteiger charge is -2.41. The maximum atomic E-state index is 13.6. The Kier molecular flexibility index (Phi) is 8.81. The van der Waals surface area contributed by atoms with E-state index in [0.29, 0.717) is 12.8 Å².